The lowest BCUT2D eigenvalue weighted by Gasteiger charge is -2.18. The molecule has 0 aliphatic heterocycles. The van der Waals surface area contributed by atoms with Crippen molar-refractivity contribution in [3.8, 4) is 0 Å². The van der Waals surface area contributed by atoms with Crippen molar-refractivity contribution in [3.63, 3.8) is 0 Å². The molecule has 1 nitrogen and oxygen atoms in total. The summed E-state index contributed by atoms with van der Waals surface area (Å²) in [7, 11) is 0. The fourth-order valence-corrected chi connectivity index (χ4v) is 3.24. The van der Waals surface area contributed by atoms with Gasteiger partial charge in [-0.25, -0.2) is 4.39 Å². The van der Waals surface area contributed by atoms with Gasteiger partial charge in [0.25, 0.3) is 0 Å². The van der Waals surface area contributed by atoms with E-state index in [1.54, 1.807) is 17.4 Å². The zero-order chi connectivity index (χ0) is 14.4. The van der Waals surface area contributed by atoms with Gasteiger partial charge in [0.15, 0.2) is 0 Å². The second kappa shape index (κ2) is 7.77. The summed E-state index contributed by atoms with van der Waals surface area (Å²) in [4.78, 5) is 0. The molecule has 1 unspecified atom stereocenters. The quantitative estimate of drug-likeness (QED) is 0.782. The van der Waals surface area contributed by atoms with Crippen molar-refractivity contribution < 1.29 is 4.39 Å². The number of halogens is 2. The van der Waals surface area contributed by atoms with Crippen LogP contribution in [0, 0.1) is 5.82 Å². The summed E-state index contributed by atoms with van der Waals surface area (Å²) in [5.41, 5.74) is 2.38. The average molecular weight is 312 g/mol. The molecule has 1 heterocycles. The smallest absolute Gasteiger partial charge is 0.124 e. The third kappa shape index (κ3) is 4.58. The SMILES string of the molecule is CCNC(CCc1ccsc1)Cc1ccc(F)cc1Cl. The van der Waals surface area contributed by atoms with Gasteiger partial charge in [-0.3, -0.25) is 0 Å². The van der Waals surface area contributed by atoms with Crippen LogP contribution in [-0.4, -0.2) is 12.6 Å². The molecule has 0 fully saturated rings. The summed E-state index contributed by atoms with van der Waals surface area (Å²) >= 11 is 7.84. The van der Waals surface area contributed by atoms with Crippen molar-refractivity contribution in [1.29, 1.82) is 0 Å². The van der Waals surface area contributed by atoms with Gasteiger partial charge in [0.2, 0.25) is 0 Å². The molecule has 0 spiro atoms. The molecular weight excluding hydrogens is 293 g/mol. The van der Waals surface area contributed by atoms with Crippen molar-refractivity contribution in [2.75, 3.05) is 6.54 Å². The molecule has 0 amide bonds. The summed E-state index contributed by atoms with van der Waals surface area (Å²) < 4.78 is 13.1. The lowest BCUT2D eigenvalue weighted by molar-refractivity contribution is 0.491. The fraction of sp³-hybridized carbons (Fsp3) is 0.375. The highest BCUT2D eigenvalue weighted by molar-refractivity contribution is 7.07. The molecule has 2 rings (SSSR count). The number of thiophene rings is 1. The van der Waals surface area contributed by atoms with Crippen LogP contribution >= 0.6 is 22.9 Å². The van der Waals surface area contributed by atoms with E-state index in [0.717, 1.165) is 31.4 Å². The van der Waals surface area contributed by atoms with Crippen LogP contribution in [0.5, 0.6) is 0 Å². The van der Waals surface area contributed by atoms with Crippen LogP contribution in [-0.2, 0) is 12.8 Å². The van der Waals surface area contributed by atoms with Gasteiger partial charge in [0, 0.05) is 11.1 Å². The largest absolute Gasteiger partial charge is 0.314 e. The van der Waals surface area contributed by atoms with Crippen molar-refractivity contribution in [1.82, 2.24) is 5.32 Å². The van der Waals surface area contributed by atoms with Crippen LogP contribution < -0.4 is 5.32 Å². The van der Waals surface area contributed by atoms with E-state index in [2.05, 4.69) is 29.1 Å². The Bertz CT molecular complexity index is 527. The zero-order valence-electron chi connectivity index (χ0n) is 11.5. The Morgan fingerprint density at radius 3 is 2.85 bits per heavy atom. The van der Waals surface area contributed by atoms with Gasteiger partial charge < -0.3 is 5.32 Å². The normalized spacial score (nSPS) is 12.6. The summed E-state index contributed by atoms with van der Waals surface area (Å²) in [6, 6.07) is 7.18. The fourth-order valence-electron chi connectivity index (χ4n) is 2.29. The predicted octanol–water partition coefficient (Wildman–Crippen LogP) is 4.69. The highest BCUT2D eigenvalue weighted by Gasteiger charge is 2.11. The van der Waals surface area contributed by atoms with Crippen LogP contribution in [0.1, 0.15) is 24.5 Å². The number of nitrogens with one attached hydrogen (secondary N) is 1. The molecule has 0 saturated heterocycles. The van der Waals surface area contributed by atoms with E-state index >= 15 is 0 Å². The third-order valence-corrected chi connectivity index (χ3v) is 4.42. The minimum absolute atomic E-state index is 0.281. The van der Waals surface area contributed by atoms with Gasteiger partial charge in [-0.1, -0.05) is 24.6 Å². The van der Waals surface area contributed by atoms with E-state index in [4.69, 9.17) is 11.6 Å². The molecule has 108 valence electrons. The maximum absolute atomic E-state index is 13.1. The van der Waals surface area contributed by atoms with Crippen molar-refractivity contribution in [2.24, 2.45) is 0 Å². The Kier molecular flexibility index (Phi) is 6.02. The molecule has 20 heavy (non-hydrogen) atoms. The molecule has 0 saturated carbocycles. The summed E-state index contributed by atoms with van der Waals surface area (Å²) in [6.07, 6.45) is 2.94. The molecule has 1 N–H and O–H groups in total. The van der Waals surface area contributed by atoms with E-state index in [-0.39, 0.29) is 5.82 Å². The first-order valence-corrected chi connectivity index (χ1v) is 8.19. The number of hydrogen-bond donors (Lipinski definition) is 1. The van der Waals surface area contributed by atoms with Gasteiger partial charge in [-0.2, -0.15) is 11.3 Å². The number of hydrogen-bond acceptors (Lipinski definition) is 2. The van der Waals surface area contributed by atoms with E-state index in [1.807, 2.05) is 0 Å². The minimum Gasteiger partial charge on any atom is -0.314 e. The molecule has 1 aromatic heterocycles. The second-order valence-corrected chi connectivity index (χ2v) is 6.05. The van der Waals surface area contributed by atoms with Crippen molar-refractivity contribution in [3.05, 3.63) is 57.0 Å². The number of likely N-dealkylation sites (N-methyl/N-ethyl adjacent to an activating group) is 1. The van der Waals surface area contributed by atoms with Gasteiger partial charge in [0.05, 0.1) is 0 Å². The zero-order valence-corrected chi connectivity index (χ0v) is 13.1. The maximum atomic E-state index is 13.1. The Morgan fingerprint density at radius 1 is 1.35 bits per heavy atom. The first-order valence-electron chi connectivity index (χ1n) is 6.87. The Balaban J connectivity index is 1.97. The lowest BCUT2D eigenvalue weighted by Crippen LogP contribution is -2.31. The molecule has 2 aromatic rings. The summed E-state index contributed by atoms with van der Waals surface area (Å²) in [6.45, 7) is 3.02. The highest BCUT2D eigenvalue weighted by Crippen LogP contribution is 2.20. The van der Waals surface area contributed by atoms with Gasteiger partial charge in [-0.15, -0.1) is 0 Å². The number of benzene rings is 1. The maximum Gasteiger partial charge on any atom is 0.124 e. The Morgan fingerprint density at radius 2 is 2.20 bits per heavy atom. The number of aryl methyl sites for hydroxylation is 1. The van der Waals surface area contributed by atoms with E-state index in [9.17, 15) is 4.39 Å². The summed E-state index contributed by atoms with van der Waals surface area (Å²) in [5, 5.41) is 8.30. The van der Waals surface area contributed by atoms with E-state index in [1.165, 1.54) is 17.7 Å². The van der Waals surface area contributed by atoms with Crippen LogP contribution in [0.4, 0.5) is 4.39 Å². The van der Waals surface area contributed by atoms with Gasteiger partial charge in [-0.05, 0) is 65.9 Å². The molecule has 0 bridgehead atoms. The second-order valence-electron chi connectivity index (χ2n) is 4.86. The highest BCUT2D eigenvalue weighted by atomic mass is 35.5. The van der Waals surface area contributed by atoms with Crippen molar-refractivity contribution >= 4 is 22.9 Å². The van der Waals surface area contributed by atoms with Crippen LogP contribution in [0.15, 0.2) is 35.0 Å². The molecule has 1 aromatic carbocycles. The first-order chi connectivity index (χ1) is 9.69. The topological polar surface area (TPSA) is 12.0 Å². The van der Waals surface area contributed by atoms with Crippen LogP contribution in [0.25, 0.3) is 0 Å². The molecule has 1 atom stereocenters. The van der Waals surface area contributed by atoms with Crippen LogP contribution in [0.2, 0.25) is 5.02 Å². The predicted molar refractivity (Wildman–Crippen MR) is 85.2 cm³/mol. The minimum atomic E-state index is -0.281. The molecule has 4 heteroatoms. The molecule has 0 aliphatic rings. The third-order valence-electron chi connectivity index (χ3n) is 3.34. The molecular formula is C16H19ClFNS. The first kappa shape index (κ1) is 15.5. The average Bonchev–Trinajstić information content (AvgIpc) is 2.92. The Hall–Kier alpha value is -0.900. The van der Waals surface area contributed by atoms with Crippen LogP contribution in [0.3, 0.4) is 0 Å². The van der Waals surface area contributed by atoms with Gasteiger partial charge in [0.1, 0.15) is 5.82 Å². The Labute approximate surface area is 128 Å². The standard InChI is InChI=1S/C16H19ClFNS/c1-2-19-15(6-3-12-7-8-20-11-12)9-13-4-5-14(18)10-16(13)17/h4-5,7-8,10-11,15,19H,2-3,6,9H2,1H3. The monoisotopic (exact) mass is 311 g/mol. The number of rotatable bonds is 7. The lowest BCUT2D eigenvalue weighted by atomic mass is 10.00. The molecule has 0 aliphatic carbocycles. The van der Waals surface area contributed by atoms with Gasteiger partial charge >= 0.3 is 0 Å². The summed E-state index contributed by atoms with van der Waals surface area (Å²) in [5.74, 6) is -0.281. The van der Waals surface area contributed by atoms with E-state index < -0.39 is 0 Å². The molecule has 0 radical (unpaired) electrons. The van der Waals surface area contributed by atoms with Crippen molar-refractivity contribution in [2.45, 2.75) is 32.2 Å². The van der Waals surface area contributed by atoms with E-state index in [0.29, 0.717) is 11.1 Å².